The third-order valence-corrected chi connectivity index (χ3v) is 14.7. The standard InChI is InChI=1S/C67H71FN4O/c1-41(2)54-34-45(44-23-25-48(68)26-24-44)35-55(42(3)4)64(54)71-40-70(59-29-22-43(5)31-61(59)71)49-32-46(63-56(66(9,10)11)36-47(65(6,7)8)37-57(63)67(12,13)14)33-51(38-49)73-50-27-28-53-52-19-15-16-20-58(52)72(60(53)39-50)62-21-17-18-30-69-62/h15-39,41-42H,40H2,1-14H3. The smallest absolute Gasteiger partial charge is 0.137 e. The molecule has 1 aliphatic heterocycles. The number of nitrogens with zero attached hydrogens (tertiary/aromatic N) is 4. The summed E-state index contributed by atoms with van der Waals surface area (Å²) in [6.07, 6.45) is 1.85. The van der Waals surface area contributed by atoms with E-state index in [2.05, 4.69) is 220 Å². The Balaban J connectivity index is 1.20. The molecule has 0 saturated carbocycles. The minimum Gasteiger partial charge on any atom is -0.457 e. The second-order valence-electron chi connectivity index (χ2n) is 24.0. The Morgan fingerprint density at radius 3 is 1.79 bits per heavy atom. The first-order chi connectivity index (χ1) is 34.5. The van der Waals surface area contributed by atoms with Crippen LogP contribution in [0.3, 0.4) is 0 Å². The molecule has 0 spiro atoms. The van der Waals surface area contributed by atoms with E-state index in [0.717, 1.165) is 61.8 Å². The molecule has 73 heavy (non-hydrogen) atoms. The summed E-state index contributed by atoms with van der Waals surface area (Å²) in [6.45, 7) is 33.0. The first kappa shape index (κ1) is 49.4. The van der Waals surface area contributed by atoms with Gasteiger partial charge in [0.15, 0.2) is 0 Å². The van der Waals surface area contributed by atoms with Crippen LogP contribution in [0, 0.1) is 12.7 Å². The quantitative estimate of drug-likeness (QED) is 0.144. The first-order valence-electron chi connectivity index (χ1n) is 26.1. The second kappa shape index (κ2) is 18.4. The zero-order chi connectivity index (χ0) is 51.9. The van der Waals surface area contributed by atoms with Crippen LogP contribution in [0.5, 0.6) is 11.5 Å². The maximum absolute atomic E-state index is 14.2. The van der Waals surface area contributed by atoms with Crippen molar-refractivity contribution >= 4 is 44.6 Å². The van der Waals surface area contributed by atoms with Gasteiger partial charge in [-0.1, -0.05) is 145 Å². The highest BCUT2D eigenvalue weighted by Crippen LogP contribution is 2.52. The van der Waals surface area contributed by atoms with Crippen molar-refractivity contribution in [3.05, 3.63) is 191 Å². The van der Waals surface area contributed by atoms with Crippen molar-refractivity contribution in [3.63, 3.8) is 0 Å². The van der Waals surface area contributed by atoms with E-state index in [4.69, 9.17) is 9.72 Å². The van der Waals surface area contributed by atoms with Gasteiger partial charge in [-0.25, -0.2) is 9.37 Å². The van der Waals surface area contributed by atoms with Crippen LogP contribution in [-0.2, 0) is 16.2 Å². The van der Waals surface area contributed by atoms with Crippen molar-refractivity contribution in [1.29, 1.82) is 0 Å². The molecule has 0 radical (unpaired) electrons. The van der Waals surface area contributed by atoms with Gasteiger partial charge in [0, 0.05) is 40.5 Å². The summed E-state index contributed by atoms with van der Waals surface area (Å²) in [4.78, 5) is 9.83. The van der Waals surface area contributed by atoms with Crippen molar-refractivity contribution in [2.45, 2.75) is 125 Å². The molecule has 10 rings (SSSR count). The molecule has 1 aliphatic rings. The predicted octanol–water partition coefficient (Wildman–Crippen LogP) is 19.1. The van der Waals surface area contributed by atoms with Gasteiger partial charge >= 0.3 is 0 Å². The lowest BCUT2D eigenvalue weighted by Crippen LogP contribution is -2.26. The molecule has 6 heteroatoms. The van der Waals surface area contributed by atoms with Gasteiger partial charge < -0.3 is 14.5 Å². The minimum absolute atomic E-state index is 0.0488. The summed E-state index contributed by atoms with van der Waals surface area (Å²) >= 11 is 0. The van der Waals surface area contributed by atoms with Gasteiger partial charge in [-0.2, -0.15) is 0 Å². The van der Waals surface area contributed by atoms with E-state index in [1.165, 1.54) is 55.7 Å². The first-order valence-corrected chi connectivity index (χ1v) is 26.1. The van der Waals surface area contributed by atoms with Gasteiger partial charge in [-0.3, -0.25) is 4.57 Å². The topological polar surface area (TPSA) is 33.5 Å². The molecule has 0 fully saturated rings. The highest BCUT2D eigenvalue weighted by Gasteiger charge is 2.35. The molecule has 3 heterocycles. The van der Waals surface area contributed by atoms with E-state index in [1.54, 1.807) is 12.1 Å². The number of para-hydroxylation sites is 1. The molecule has 0 N–H and O–H groups in total. The lowest BCUT2D eigenvalue weighted by Gasteiger charge is -2.34. The predicted molar refractivity (Wildman–Crippen MR) is 307 cm³/mol. The Morgan fingerprint density at radius 2 is 1.18 bits per heavy atom. The zero-order valence-corrected chi connectivity index (χ0v) is 45.4. The number of aromatic nitrogens is 2. The summed E-state index contributed by atoms with van der Waals surface area (Å²) in [5.41, 5.74) is 18.5. The van der Waals surface area contributed by atoms with Crippen LogP contribution in [-0.4, -0.2) is 16.2 Å². The minimum atomic E-state index is -0.230. The van der Waals surface area contributed by atoms with Gasteiger partial charge in [0.05, 0.1) is 22.4 Å². The average Bonchev–Trinajstić information content (AvgIpc) is 3.88. The van der Waals surface area contributed by atoms with Crippen LogP contribution < -0.4 is 14.5 Å². The summed E-state index contributed by atoms with van der Waals surface area (Å²) in [5.74, 6) is 2.57. The maximum atomic E-state index is 14.2. The number of hydrogen-bond acceptors (Lipinski definition) is 4. The van der Waals surface area contributed by atoms with Crippen molar-refractivity contribution in [2.24, 2.45) is 0 Å². The maximum Gasteiger partial charge on any atom is 0.137 e. The van der Waals surface area contributed by atoms with Crippen LogP contribution >= 0.6 is 0 Å². The molecule has 0 unspecified atom stereocenters. The van der Waals surface area contributed by atoms with Gasteiger partial charge in [0.2, 0.25) is 0 Å². The second-order valence-corrected chi connectivity index (χ2v) is 24.0. The van der Waals surface area contributed by atoms with Crippen LogP contribution in [0.2, 0.25) is 0 Å². The van der Waals surface area contributed by atoms with E-state index >= 15 is 0 Å². The largest absolute Gasteiger partial charge is 0.457 e. The van der Waals surface area contributed by atoms with E-state index in [9.17, 15) is 4.39 Å². The van der Waals surface area contributed by atoms with Crippen LogP contribution in [0.4, 0.5) is 27.1 Å². The van der Waals surface area contributed by atoms with Gasteiger partial charge in [-0.05, 0) is 170 Å². The number of pyridine rings is 1. The molecule has 0 aliphatic carbocycles. The number of ether oxygens (including phenoxy) is 1. The van der Waals surface area contributed by atoms with Crippen molar-refractivity contribution in [3.8, 4) is 39.6 Å². The van der Waals surface area contributed by atoms with Crippen LogP contribution in [0.25, 0.3) is 49.9 Å². The van der Waals surface area contributed by atoms with Gasteiger partial charge in [0.25, 0.3) is 0 Å². The fourth-order valence-electron chi connectivity index (χ4n) is 10.9. The number of halogens is 1. The Bertz CT molecular complexity index is 3480. The Labute approximate surface area is 433 Å². The molecular weight excluding hydrogens is 896 g/mol. The van der Waals surface area contributed by atoms with Crippen molar-refractivity contribution < 1.29 is 9.13 Å². The molecule has 0 atom stereocenters. The highest BCUT2D eigenvalue weighted by molar-refractivity contribution is 6.09. The van der Waals surface area contributed by atoms with Crippen LogP contribution in [0.15, 0.2) is 152 Å². The van der Waals surface area contributed by atoms with E-state index < -0.39 is 0 Å². The van der Waals surface area contributed by atoms with Gasteiger partial charge in [-0.15, -0.1) is 0 Å². The zero-order valence-electron chi connectivity index (χ0n) is 45.4. The Kier molecular flexibility index (Phi) is 12.4. The normalized spacial score (nSPS) is 13.3. The third kappa shape index (κ3) is 9.30. The number of aryl methyl sites for hydroxylation is 1. The highest BCUT2D eigenvalue weighted by atomic mass is 19.1. The van der Waals surface area contributed by atoms with E-state index in [0.29, 0.717) is 6.67 Å². The Morgan fingerprint density at radius 1 is 0.534 bits per heavy atom. The van der Waals surface area contributed by atoms with Gasteiger partial charge in [0.1, 0.15) is 29.8 Å². The lowest BCUT2D eigenvalue weighted by molar-refractivity contribution is 0.483. The molecule has 0 saturated heterocycles. The molecule has 0 amide bonds. The van der Waals surface area contributed by atoms with Crippen molar-refractivity contribution in [2.75, 3.05) is 16.5 Å². The fourth-order valence-corrected chi connectivity index (χ4v) is 10.9. The average molecular weight is 967 g/mol. The lowest BCUT2D eigenvalue weighted by atomic mass is 9.71. The molecule has 372 valence electrons. The molecular formula is C67H71FN4O. The van der Waals surface area contributed by atoms with E-state index in [-0.39, 0.29) is 33.9 Å². The Hall–Kier alpha value is -7.18. The number of benzene rings is 7. The fraction of sp³-hybridized carbons (Fsp3) is 0.299. The number of rotatable bonds is 9. The van der Waals surface area contributed by atoms with Crippen LogP contribution in [0.1, 0.15) is 135 Å². The summed E-state index contributed by atoms with van der Waals surface area (Å²) in [7, 11) is 0. The molecule has 9 aromatic rings. The summed E-state index contributed by atoms with van der Waals surface area (Å²) in [5, 5.41) is 2.31. The number of fused-ring (bicyclic) bond motifs is 4. The third-order valence-electron chi connectivity index (χ3n) is 14.7. The molecule has 7 aromatic carbocycles. The SMILES string of the molecule is Cc1ccc2c(c1)N(c1c(C(C)C)cc(-c3ccc(F)cc3)cc1C(C)C)CN2c1cc(Oc2ccc3c4ccccc4n(-c4ccccn4)c3c2)cc(-c2c(C(C)(C)C)cc(C(C)(C)C)cc2C(C)(C)C)c1. The van der Waals surface area contributed by atoms with Crippen molar-refractivity contribution in [1.82, 2.24) is 9.55 Å². The molecule has 5 nitrogen and oxygen atoms in total. The van der Waals surface area contributed by atoms with E-state index in [1.807, 2.05) is 30.5 Å². The molecule has 2 aromatic heterocycles. The number of hydrogen-bond donors (Lipinski definition) is 0. The monoisotopic (exact) mass is 967 g/mol. The summed E-state index contributed by atoms with van der Waals surface area (Å²) < 4.78 is 23.7. The number of anilines is 4. The molecule has 0 bridgehead atoms. The summed E-state index contributed by atoms with van der Waals surface area (Å²) in [6, 6.07) is 51.3.